The van der Waals surface area contributed by atoms with Gasteiger partial charge in [-0.2, -0.15) is 0 Å². The maximum absolute atomic E-state index is 12.8. The number of anilines is 1. The van der Waals surface area contributed by atoms with Gasteiger partial charge in [0, 0.05) is 22.4 Å². The number of nitrogens with one attached hydrogen (secondary N) is 1. The minimum absolute atomic E-state index is 0.0540. The molecule has 3 heterocycles. The van der Waals surface area contributed by atoms with Crippen LogP contribution in [0, 0.1) is 13.8 Å². The van der Waals surface area contributed by atoms with E-state index < -0.39 is 11.9 Å². The molecule has 9 nitrogen and oxygen atoms in total. The van der Waals surface area contributed by atoms with Crippen LogP contribution >= 0.6 is 34.4 Å². The maximum atomic E-state index is 12.8. The molecule has 0 spiro atoms. The summed E-state index contributed by atoms with van der Waals surface area (Å²) in [6.45, 7) is 10.2. The molecule has 1 N–H and O–H groups in total. The highest BCUT2D eigenvalue weighted by atomic mass is 32.2. The van der Waals surface area contributed by atoms with Crippen molar-refractivity contribution in [3.05, 3.63) is 32.3 Å². The van der Waals surface area contributed by atoms with Crippen molar-refractivity contribution >= 4 is 57.3 Å². The van der Waals surface area contributed by atoms with Crippen LogP contribution in [-0.2, 0) is 20.8 Å². The first-order chi connectivity index (χ1) is 16.8. The Morgan fingerprint density at radius 2 is 1.80 bits per heavy atom. The van der Waals surface area contributed by atoms with Crippen LogP contribution in [0.5, 0.6) is 0 Å². The second kappa shape index (κ2) is 12.3. The molecule has 0 aliphatic heterocycles. The van der Waals surface area contributed by atoms with Gasteiger partial charge in [0.05, 0.1) is 24.5 Å². The Bertz CT molecular complexity index is 1210. The predicted octanol–water partition coefficient (Wildman–Crippen LogP) is 5.18. The van der Waals surface area contributed by atoms with Crippen LogP contribution in [0.4, 0.5) is 5.00 Å². The van der Waals surface area contributed by atoms with Crippen LogP contribution in [0.25, 0.3) is 11.4 Å². The van der Waals surface area contributed by atoms with Crippen molar-refractivity contribution in [2.75, 3.05) is 24.3 Å². The van der Waals surface area contributed by atoms with Gasteiger partial charge in [-0.3, -0.25) is 4.79 Å². The summed E-state index contributed by atoms with van der Waals surface area (Å²) in [7, 11) is 0. The molecule has 12 heteroatoms. The molecule has 0 saturated carbocycles. The molecule has 0 radical (unpaired) electrons. The van der Waals surface area contributed by atoms with Gasteiger partial charge in [0.15, 0.2) is 11.0 Å². The Morgan fingerprint density at radius 3 is 2.43 bits per heavy atom. The minimum atomic E-state index is -0.599. The lowest BCUT2D eigenvalue weighted by Crippen LogP contribution is -2.17. The fourth-order valence-corrected chi connectivity index (χ4v) is 5.88. The van der Waals surface area contributed by atoms with E-state index in [-0.39, 0.29) is 40.3 Å². The van der Waals surface area contributed by atoms with Crippen LogP contribution in [0.3, 0.4) is 0 Å². The lowest BCUT2D eigenvalue weighted by molar-refractivity contribution is -0.113. The molecule has 0 unspecified atom stereocenters. The number of esters is 2. The number of aryl methyl sites for hydroxylation is 1. The maximum Gasteiger partial charge on any atom is 0.348 e. The Morgan fingerprint density at radius 1 is 1.09 bits per heavy atom. The molecule has 0 saturated heterocycles. The average molecular weight is 537 g/mol. The zero-order chi connectivity index (χ0) is 25.5. The molecule has 0 atom stereocenters. The van der Waals surface area contributed by atoms with E-state index in [9.17, 15) is 14.4 Å². The summed E-state index contributed by atoms with van der Waals surface area (Å²) >= 11 is 3.92. The topological polar surface area (TPSA) is 112 Å². The first-order valence-corrected chi connectivity index (χ1v) is 13.9. The van der Waals surface area contributed by atoms with Gasteiger partial charge < -0.3 is 19.4 Å². The number of nitrogens with zero attached hydrogens (tertiary/aromatic N) is 3. The minimum Gasteiger partial charge on any atom is -0.462 e. The highest BCUT2D eigenvalue weighted by Gasteiger charge is 2.27. The third-order valence-electron chi connectivity index (χ3n) is 4.83. The molecular formula is C23H28N4O5S3. The van der Waals surface area contributed by atoms with Gasteiger partial charge in [-0.25, -0.2) is 9.59 Å². The number of ether oxygens (including phenoxy) is 2. The summed E-state index contributed by atoms with van der Waals surface area (Å²) in [6, 6.07) is 2.07. The molecule has 188 valence electrons. The van der Waals surface area contributed by atoms with Crippen LogP contribution in [-0.4, -0.2) is 51.6 Å². The Hall–Kier alpha value is -2.70. The first kappa shape index (κ1) is 26.9. The van der Waals surface area contributed by atoms with E-state index in [1.165, 1.54) is 16.6 Å². The molecule has 0 aromatic carbocycles. The van der Waals surface area contributed by atoms with Gasteiger partial charge >= 0.3 is 11.9 Å². The number of aromatic nitrogens is 3. The average Bonchev–Trinajstić information content (AvgIpc) is 3.50. The second-order valence-corrected chi connectivity index (χ2v) is 10.5. The van der Waals surface area contributed by atoms with Gasteiger partial charge in [-0.15, -0.1) is 32.9 Å². The van der Waals surface area contributed by atoms with E-state index in [1.807, 2.05) is 16.9 Å². The van der Waals surface area contributed by atoms with Gasteiger partial charge in [-0.05, 0) is 45.7 Å². The molecular weight excluding hydrogens is 508 g/mol. The first-order valence-electron chi connectivity index (χ1n) is 11.2. The monoisotopic (exact) mass is 536 g/mol. The number of carbonyl (C=O) groups is 3. The Balaban J connectivity index is 1.78. The molecule has 0 fully saturated rings. The quantitative estimate of drug-likeness (QED) is 0.264. The van der Waals surface area contributed by atoms with Crippen molar-refractivity contribution in [2.45, 2.75) is 52.7 Å². The van der Waals surface area contributed by atoms with Gasteiger partial charge in [0.2, 0.25) is 5.91 Å². The normalized spacial score (nSPS) is 10.9. The van der Waals surface area contributed by atoms with Crippen molar-refractivity contribution in [3.63, 3.8) is 0 Å². The summed E-state index contributed by atoms with van der Waals surface area (Å²) in [4.78, 5) is 39.2. The highest BCUT2D eigenvalue weighted by molar-refractivity contribution is 7.99. The smallest absolute Gasteiger partial charge is 0.348 e. The lowest BCUT2D eigenvalue weighted by Gasteiger charge is -2.09. The number of carbonyl (C=O) groups excluding carboxylic acids is 3. The highest BCUT2D eigenvalue weighted by Crippen LogP contribution is 2.35. The predicted molar refractivity (Wildman–Crippen MR) is 139 cm³/mol. The zero-order valence-corrected chi connectivity index (χ0v) is 22.7. The molecule has 3 rings (SSSR count). The molecule has 0 bridgehead atoms. The SMILES string of the molecule is CCCn1c(SCC(=O)Nc2sc(C(=O)OCC)c(C)c2C(=O)OCC)nnc1-c1csc(C)c1. The van der Waals surface area contributed by atoms with E-state index in [2.05, 4.69) is 28.5 Å². The van der Waals surface area contributed by atoms with Gasteiger partial charge in [0.25, 0.3) is 0 Å². The van der Waals surface area contributed by atoms with Gasteiger partial charge in [0.1, 0.15) is 9.88 Å². The largest absolute Gasteiger partial charge is 0.462 e. The van der Waals surface area contributed by atoms with Crippen molar-refractivity contribution in [1.29, 1.82) is 0 Å². The van der Waals surface area contributed by atoms with Crippen LogP contribution in [0.1, 0.15) is 57.7 Å². The molecule has 1 amide bonds. The van der Waals surface area contributed by atoms with Crippen LogP contribution < -0.4 is 5.32 Å². The number of rotatable bonds is 11. The third-order valence-corrected chi connectivity index (χ3v) is 7.84. The van der Waals surface area contributed by atoms with E-state index in [0.717, 1.165) is 35.7 Å². The number of hydrogen-bond donors (Lipinski definition) is 1. The fraction of sp³-hybridized carbons (Fsp3) is 0.435. The van der Waals surface area contributed by atoms with Crippen LogP contribution in [0.2, 0.25) is 0 Å². The third kappa shape index (κ3) is 6.30. The summed E-state index contributed by atoms with van der Waals surface area (Å²) < 4.78 is 12.2. The standard InChI is InChI=1S/C23H28N4O5S3/c1-6-9-27-19(15-10-13(4)33-11-15)25-26-23(27)34-12-16(28)24-20-17(21(29)31-7-2)14(5)18(35-20)22(30)32-8-3/h10-11H,6-9,12H2,1-5H3,(H,24,28). The number of thioether (sulfide) groups is 1. The zero-order valence-electron chi connectivity index (χ0n) is 20.3. The second-order valence-electron chi connectivity index (χ2n) is 7.44. The number of amides is 1. The molecule has 3 aromatic heterocycles. The van der Waals surface area contributed by atoms with Crippen molar-refractivity contribution in [3.8, 4) is 11.4 Å². The molecule has 0 aliphatic carbocycles. The van der Waals surface area contributed by atoms with E-state index in [0.29, 0.717) is 10.7 Å². The molecule has 3 aromatic rings. The van der Waals surface area contributed by atoms with Crippen molar-refractivity contribution < 1.29 is 23.9 Å². The molecule has 35 heavy (non-hydrogen) atoms. The summed E-state index contributed by atoms with van der Waals surface area (Å²) in [6.07, 6.45) is 0.891. The van der Waals surface area contributed by atoms with Gasteiger partial charge in [-0.1, -0.05) is 18.7 Å². The van der Waals surface area contributed by atoms with Crippen molar-refractivity contribution in [1.82, 2.24) is 14.8 Å². The van der Waals surface area contributed by atoms with E-state index in [4.69, 9.17) is 9.47 Å². The van der Waals surface area contributed by atoms with Crippen molar-refractivity contribution in [2.24, 2.45) is 0 Å². The molecule has 0 aliphatic rings. The Kier molecular flexibility index (Phi) is 9.47. The number of hydrogen-bond acceptors (Lipinski definition) is 10. The summed E-state index contributed by atoms with van der Waals surface area (Å²) in [5, 5.41) is 14.4. The van der Waals surface area contributed by atoms with E-state index in [1.54, 1.807) is 32.1 Å². The summed E-state index contributed by atoms with van der Waals surface area (Å²) in [5.74, 6) is -0.649. The number of thiophene rings is 2. The van der Waals surface area contributed by atoms with Crippen LogP contribution in [0.15, 0.2) is 16.6 Å². The Labute approximate surface area is 216 Å². The van der Waals surface area contributed by atoms with E-state index >= 15 is 0 Å². The fourth-order valence-electron chi connectivity index (χ4n) is 3.33. The summed E-state index contributed by atoms with van der Waals surface area (Å²) in [5.41, 5.74) is 1.60. The lowest BCUT2D eigenvalue weighted by atomic mass is 10.1.